The highest BCUT2D eigenvalue weighted by atomic mass is 35.5. The van der Waals surface area contributed by atoms with E-state index in [0.717, 1.165) is 38.9 Å². The van der Waals surface area contributed by atoms with Gasteiger partial charge in [0.2, 0.25) is 0 Å². The summed E-state index contributed by atoms with van der Waals surface area (Å²) in [6, 6.07) is 6.86. The summed E-state index contributed by atoms with van der Waals surface area (Å²) in [6.45, 7) is 2.84. The molecule has 0 radical (unpaired) electrons. The minimum absolute atomic E-state index is 0.122. The summed E-state index contributed by atoms with van der Waals surface area (Å²) < 4.78 is 12.9. The maximum absolute atomic E-state index is 12.9. The quantitative estimate of drug-likeness (QED) is 0.636. The molecule has 23 heavy (non-hydrogen) atoms. The Hall–Kier alpha value is -0.970. The monoisotopic (exact) mass is 337 g/mol. The Morgan fingerprint density at radius 3 is 2.83 bits per heavy atom. The van der Waals surface area contributed by atoms with E-state index >= 15 is 0 Å². The molecule has 126 valence electrons. The van der Waals surface area contributed by atoms with Gasteiger partial charge in [-0.05, 0) is 62.3 Å². The fourth-order valence-corrected chi connectivity index (χ4v) is 3.93. The number of likely N-dealkylation sites (tertiary alicyclic amines) is 1. The Morgan fingerprint density at radius 2 is 2.13 bits per heavy atom. The van der Waals surface area contributed by atoms with Gasteiger partial charge in [0.05, 0.1) is 5.50 Å². The molecule has 0 saturated carbocycles. The van der Waals surface area contributed by atoms with E-state index in [1.54, 1.807) is 12.1 Å². The van der Waals surface area contributed by atoms with E-state index in [4.69, 9.17) is 11.6 Å². The molecule has 0 amide bonds. The number of rotatable bonds is 6. The van der Waals surface area contributed by atoms with Crippen molar-refractivity contribution in [1.29, 1.82) is 0 Å². The summed E-state index contributed by atoms with van der Waals surface area (Å²) in [5.41, 5.74) is 1.34. The number of hydrogen-bond donors (Lipinski definition) is 1. The molecule has 1 aromatic carbocycles. The number of nitrogens with zero attached hydrogens (tertiary/aromatic N) is 2. The van der Waals surface area contributed by atoms with Crippen LogP contribution in [-0.4, -0.2) is 42.4 Å². The van der Waals surface area contributed by atoms with Gasteiger partial charge in [-0.15, -0.1) is 11.6 Å². The molecule has 1 fully saturated rings. The third kappa shape index (κ3) is 5.00. The van der Waals surface area contributed by atoms with Gasteiger partial charge in [0.15, 0.2) is 0 Å². The van der Waals surface area contributed by atoms with Gasteiger partial charge in [-0.3, -0.25) is 15.2 Å². The Kier molecular flexibility index (Phi) is 6.03. The molecular weight excluding hydrogens is 313 g/mol. The molecule has 3 atom stereocenters. The molecule has 1 aromatic rings. The zero-order valence-electron chi connectivity index (χ0n) is 13.4. The zero-order chi connectivity index (χ0) is 16.1. The molecule has 3 rings (SSSR count). The third-order valence-corrected chi connectivity index (χ3v) is 5.33. The fraction of sp³-hybridized carbons (Fsp3) is 0.611. The van der Waals surface area contributed by atoms with Crippen LogP contribution in [0.1, 0.15) is 31.2 Å². The standard InChI is InChI=1S/C18H25ClFN3/c19-17-12-15(3-1-2-14-4-6-16(20)7-5-14)8-11-23(17)13-18-21-9-10-22-18/h4-7,9,15,17-18,22H,1-3,8,10-13H2. The van der Waals surface area contributed by atoms with Crippen molar-refractivity contribution in [3.05, 3.63) is 35.6 Å². The van der Waals surface area contributed by atoms with Crippen molar-refractivity contribution in [2.24, 2.45) is 10.9 Å². The van der Waals surface area contributed by atoms with Crippen LogP contribution in [0, 0.1) is 11.7 Å². The largest absolute Gasteiger partial charge is 0.290 e. The molecule has 0 aliphatic carbocycles. The van der Waals surface area contributed by atoms with Crippen molar-refractivity contribution in [3.63, 3.8) is 0 Å². The Balaban J connectivity index is 1.37. The minimum atomic E-state index is -0.160. The first-order chi connectivity index (χ1) is 11.2. The predicted octanol–water partition coefficient (Wildman–Crippen LogP) is 3.43. The lowest BCUT2D eigenvalue weighted by atomic mass is 9.90. The number of nitrogens with one attached hydrogen (secondary N) is 1. The van der Waals surface area contributed by atoms with Crippen molar-refractivity contribution in [2.75, 3.05) is 19.6 Å². The number of alkyl halides is 1. The highest BCUT2D eigenvalue weighted by Gasteiger charge is 2.28. The van der Waals surface area contributed by atoms with Gasteiger partial charge < -0.3 is 0 Å². The van der Waals surface area contributed by atoms with Gasteiger partial charge in [0, 0.05) is 19.3 Å². The molecule has 0 spiro atoms. The van der Waals surface area contributed by atoms with E-state index in [1.165, 1.54) is 18.4 Å². The fourth-order valence-electron chi connectivity index (χ4n) is 3.50. The lowest BCUT2D eigenvalue weighted by Crippen LogP contribution is -2.45. The SMILES string of the molecule is Fc1ccc(CCCC2CCN(CC3N=CCN3)C(Cl)C2)cc1. The molecule has 5 heteroatoms. The Bertz CT molecular complexity index is 520. The van der Waals surface area contributed by atoms with Crippen LogP contribution < -0.4 is 5.32 Å². The van der Waals surface area contributed by atoms with Crippen molar-refractivity contribution >= 4 is 17.8 Å². The van der Waals surface area contributed by atoms with Crippen LogP contribution in [0.25, 0.3) is 0 Å². The highest BCUT2D eigenvalue weighted by molar-refractivity contribution is 6.20. The van der Waals surface area contributed by atoms with Crippen molar-refractivity contribution in [1.82, 2.24) is 10.2 Å². The van der Waals surface area contributed by atoms with Crippen LogP contribution in [0.3, 0.4) is 0 Å². The van der Waals surface area contributed by atoms with Gasteiger partial charge in [0.25, 0.3) is 0 Å². The zero-order valence-corrected chi connectivity index (χ0v) is 14.2. The second-order valence-corrected chi connectivity index (χ2v) is 7.10. The lowest BCUT2D eigenvalue weighted by molar-refractivity contribution is 0.143. The van der Waals surface area contributed by atoms with Crippen molar-refractivity contribution < 1.29 is 4.39 Å². The second-order valence-electron chi connectivity index (χ2n) is 6.59. The molecule has 0 bridgehead atoms. The van der Waals surface area contributed by atoms with E-state index in [2.05, 4.69) is 15.2 Å². The van der Waals surface area contributed by atoms with Gasteiger partial charge in [-0.25, -0.2) is 4.39 Å². The van der Waals surface area contributed by atoms with Crippen LogP contribution in [0.15, 0.2) is 29.3 Å². The summed E-state index contributed by atoms with van der Waals surface area (Å²) in [4.78, 5) is 6.76. The number of aryl methyl sites for hydroxylation is 1. The molecule has 1 N–H and O–H groups in total. The number of aliphatic imine (C=N–C) groups is 1. The average Bonchev–Trinajstić information content (AvgIpc) is 3.05. The topological polar surface area (TPSA) is 27.6 Å². The Labute approximate surface area is 142 Å². The van der Waals surface area contributed by atoms with Crippen LogP contribution in [0.2, 0.25) is 0 Å². The van der Waals surface area contributed by atoms with E-state index in [1.807, 2.05) is 18.3 Å². The number of piperidine rings is 1. The van der Waals surface area contributed by atoms with Crippen molar-refractivity contribution in [2.45, 2.75) is 43.8 Å². The molecule has 2 aliphatic rings. The smallest absolute Gasteiger partial charge is 0.123 e. The summed E-state index contributed by atoms with van der Waals surface area (Å²) in [6.07, 6.45) is 7.79. The van der Waals surface area contributed by atoms with E-state index in [9.17, 15) is 4.39 Å². The van der Waals surface area contributed by atoms with Gasteiger partial charge in [-0.1, -0.05) is 12.1 Å². The molecule has 2 aliphatic heterocycles. The highest BCUT2D eigenvalue weighted by Crippen LogP contribution is 2.29. The van der Waals surface area contributed by atoms with Crippen molar-refractivity contribution in [3.8, 4) is 0 Å². The minimum Gasteiger partial charge on any atom is -0.290 e. The van der Waals surface area contributed by atoms with E-state index < -0.39 is 0 Å². The molecule has 2 heterocycles. The summed E-state index contributed by atoms with van der Waals surface area (Å²) in [7, 11) is 0. The third-order valence-electron chi connectivity index (χ3n) is 4.88. The number of hydrogen-bond acceptors (Lipinski definition) is 3. The summed E-state index contributed by atoms with van der Waals surface area (Å²) in [5, 5.41) is 3.34. The van der Waals surface area contributed by atoms with Crippen LogP contribution in [0.4, 0.5) is 4.39 Å². The maximum atomic E-state index is 12.9. The van der Waals surface area contributed by atoms with Gasteiger partial charge in [-0.2, -0.15) is 0 Å². The van der Waals surface area contributed by atoms with E-state index in [-0.39, 0.29) is 17.5 Å². The molecule has 0 aromatic heterocycles. The lowest BCUT2D eigenvalue weighted by Gasteiger charge is -2.37. The first kappa shape index (κ1) is 16.9. The molecule has 3 unspecified atom stereocenters. The van der Waals surface area contributed by atoms with Crippen LogP contribution >= 0.6 is 11.6 Å². The number of benzene rings is 1. The molecule has 1 saturated heterocycles. The van der Waals surface area contributed by atoms with Crippen LogP contribution in [-0.2, 0) is 6.42 Å². The summed E-state index contributed by atoms with van der Waals surface area (Å²) in [5.74, 6) is 0.543. The van der Waals surface area contributed by atoms with Gasteiger partial charge >= 0.3 is 0 Å². The average molecular weight is 338 g/mol. The van der Waals surface area contributed by atoms with Crippen LogP contribution in [0.5, 0.6) is 0 Å². The van der Waals surface area contributed by atoms with Gasteiger partial charge in [0.1, 0.15) is 12.0 Å². The second kappa shape index (κ2) is 8.22. The summed E-state index contributed by atoms with van der Waals surface area (Å²) >= 11 is 6.57. The van der Waals surface area contributed by atoms with E-state index in [0.29, 0.717) is 5.92 Å². The maximum Gasteiger partial charge on any atom is 0.123 e. The molecular formula is C18H25ClFN3. The normalized spacial score (nSPS) is 28.3. The predicted molar refractivity (Wildman–Crippen MR) is 93.6 cm³/mol. The first-order valence-electron chi connectivity index (χ1n) is 8.58. The molecule has 3 nitrogen and oxygen atoms in total. The number of halogens is 2. The Morgan fingerprint density at radius 1 is 1.30 bits per heavy atom. The first-order valence-corrected chi connectivity index (χ1v) is 9.02.